The molecule has 90 heavy (non-hydrogen) atoms. The van der Waals surface area contributed by atoms with Crippen LogP contribution in [0.4, 0.5) is 28.6 Å². The quantitative estimate of drug-likeness (QED) is 0.160. The van der Waals surface area contributed by atoms with Gasteiger partial charge in [-0.3, -0.25) is 4.90 Å². The van der Waals surface area contributed by atoms with Crippen LogP contribution in [0.2, 0.25) is 0 Å². The SMILES string of the molecule is Cc1cc(C)c(C2(C)CCCCC2(C)C)c(Cc2cc3c4c(c2)N(c2cc5c(cc2C)C(C)(C)CCC5(C)C)c2oc5cc6c7cc5c2B4C2=C(Cc4cc5c(cc42)C(C)(CCC5(C)C)C(CC6(C)C)C7(C)C)N3c2cc3c(cc2C)C(C)(C)CCC3(C)C)c1. The second-order valence-corrected chi connectivity index (χ2v) is 37.2. The van der Waals surface area contributed by atoms with Crippen molar-refractivity contribution in [1.82, 2.24) is 0 Å². The van der Waals surface area contributed by atoms with Crippen molar-refractivity contribution in [3.8, 4) is 0 Å². The minimum atomic E-state index is -0.106. The molecule has 3 nitrogen and oxygen atoms in total. The molecule has 3 atom stereocenters. The number of benzene rings is 6. The second-order valence-electron chi connectivity index (χ2n) is 37.2. The van der Waals surface area contributed by atoms with Crippen LogP contribution >= 0.6 is 0 Å². The summed E-state index contributed by atoms with van der Waals surface area (Å²) in [6, 6.07) is 32.1. The van der Waals surface area contributed by atoms with E-state index in [-0.39, 0.29) is 60.9 Å². The molecule has 0 radical (unpaired) electrons. The molecule has 9 aliphatic rings. The van der Waals surface area contributed by atoms with Gasteiger partial charge in [-0.2, -0.15) is 0 Å². The lowest BCUT2D eigenvalue weighted by Crippen LogP contribution is -2.55. The fourth-order valence-electron chi connectivity index (χ4n) is 21.9. The van der Waals surface area contributed by atoms with Crippen LogP contribution in [0.5, 0.6) is 0 Å². The molecule has 468 valence electrons. The second kappa shape index (κ2) is 18.1. The molecule has 16 rings (SSSR count). The van der Waals surface area contributed by atoms with Crippen molar-refractivity contribution >= 4 is 62.7 Å². The largest absolute Gasteiger partial charge is 0.440 e. The van der Waals surface area contributed by atoms with E-state index in [4.69, 9.17) is 4.42 Å². The number of nitrogens with zero attached hydrogens (tertiary/aromatic N) is 2. The van der Waals surface area contributed by atoms with Crippen molar-refractivity contribution in [1.29, 1.82) is 0 Å². The summed E-state index contributed by atoms with van der Waals surface area (Å²) in [5.41, 5.74) is 37.5. The van der Waals surface area contributed by atoms with Gasteiger partial charge in [0, 0.05) is 40.0 Å². The van der Waals surface area contributed by atoms with Crippen LogP contribution in [0.1, 0.15) is 290 Å². The summed E-state index contributed by atoms with van der Waals surface area (Å²) in [5.74, 6) is 1.44. The maximum absolute atomic E-state index is 8.07. The minimum absolute atomic E-state index is 0.00512. The first-order valence-electron chi connectivity index (χ1n) is 35.6. The number of hydrogen-bond acceptors (Lipinski definition) is 3. The van der Waals surface area contributed by atoms with Gasteiger partial charge in [-0.15, -0.1) is 0 Å². The standard InChI is InChI=1S/C86H105BN2O/c1-48-33-51(4)72(86(22)26-24-23-25-83(86,17)18)54(34-48)37-52-38-67-75-68(39-52)89(66-45-61-58(36-50(66)3)78(7,8)28-30-80(61,11)12)76-74-56-43-63-62(46-70(56)90-76)82(15,16)47-71(84(63,19)20)85(21)32-31-81(13,14)59-40-53-41-69(73(87(74)75)55(53)42-64(59)85)88(67)65-44-60-57(35-49(65)2)77(5,6)27-29-79(60,9)10/h33-36,38-40,42-46,71H,23-32,37,41,47H2,1-22H3. The Hall–Kier alpha value is -5.74. The number of anilines is 5. The molecule has 5 bridgehead atoms. The van der Waals surface area contributed by atoms with Crippen LogP contribution in [-0.2, 0) is 61.6 Å². The molecule has 7 aromatic rings. The van der Waals surface area contributed by atoms with Gasteiger partial charge < -0.3 is 9.32 Å². The zero-order valence-electron chi connectivity index (χ0n) is 59.6. The number of aryl methyl sites for hydroxylation is 4. The van der Waals surface area contributed by atoms with E-state index in [1.165, 1.54) is 186 Å². The predicted octanol–water partition coefficient (Wildman–Crippen LogP) is 21.8. The van der Waals surface area contributed by atoms with Crippen LogP contribution < -0.4 is 20.7 Å². The molecule has 3 unspecified atom stereocenters. The lowest BCUT2D eigenvalue weighted by molar-refractivity contribution is 0.0995. The Morgan fingerprint density at radius 3 is 1.60 bits per heavy atom. The van der Waals surface area contributed by atoms with Gasteiger partial charge in [0.1, 0.15) is 5.58 Å². The van der Waals surface area contributed by atoms with Gasteiger partial charge in [0.25, 0.3) is 6.71 Å². The Morgan fingerprint density at radius 2 is 1.00 bits per heavy atom. The van der Waals surface area contributed by atoms with Gasteiger partial charge in [0.2, 0.25) is 5.88 Å². The van der Waals surface area contributed by atoms with Crippen molar-refractivity contribution in [3.63, 3.8) is 0 Å². The fraction of sp³-hybridized carbons (Fsp3) is 0.535. The fourth-order valence-corrected chi connectivity index (χ4v) is 21.9. The van der Waals surface area contributed by atoms with E-state index in [0.717, 1.165) is 37.2 Å². The minimum Gasteiger partial charge on any atom is -0.440 e. The molecule has 4 heterocycles. The average Bonchev–Trinajstić information content (AvgIpc) is 1.40. The summed E-state index contributed by atoms with van der Waals surface area (Å²) in [7, 11) is 0. The number of furan rings is 1. The van der Waals surface area contributed by atoms with Gasteiger partial charge in [-0.05, 0) is 288 Å². The lowest BCUT2D eigenvalue weighted by Gasteiger charge is -2.57. The smallest absolute Gasteiger partial charge is 0.257 e. The molecule has 4 heteroatoms. The van der Waals surface area contributed by atoms with E-state index in [9.17, 15) is 0 Å². The molecule has 1 fully saturated rings. The third kappa shape index (κ3) is 7.78. The molecule has 0 spiro atoms. The van der Waals surface area contributed by atoms with Gasteiger partial charge in [0.05, 0.1) is 5.69 Å². The van der Waals surface area contributed by atoms with E-state index in [0.29, 0.717) is 5.92 Å². The highest BCUT2D eigenvalue weighted by Crippen LogP contribution is 2.64. The normalized spacial score (nSPS) is 26.4. The molecule has 1 aromatic heterocycles. The first-order valence-corrected chi connectivity index (χ1v) is 35.6. The lowest BCUT2D eigenvalue weighted by atomic mass is 9.32. The topological polar surface area (TPSA) is 19.6 Å². The average molecular weight is 1190 g/mol. The van der Waals surface area contributed by atoms with Crippen LogP contribution in [0.25, 0.3) is 16.4 Å². The number of allylic oxidation sites excluding steroid dienone is 1. The van der Waals surface area contributed by atoms with Crippen LogP contribution in [0, 0.1) is 39.0 Å². The van der Waals surface area contributed by atoms with Gasteiger partial charge in [0.15, 0.2) is 0 Å². The molecular formula is C86H105BN2O. The Balaban J connectivity index is 1.08. The molecule has 0 N–H and O–H groups in total. The third-order valence-corrected chi connectivity index (χ3v) is 28.0. The van der Waals surface area contributed by atoms with Gasteiger partial charge in [-0.25, -0.2) is 0 Å². The molecule has 3 aliphatic heterocycles. The zero-order chi connectivity index (χ0) is 63.9. The monoisotopic (exact) mass is 1190 g/mol. The highest BCUT2D eigenvalue weighted by atomic mass is 16.4. The first kappa shape index (κ1) is 59.3. The summed E-state index contributed by atoms with van der Waals surface area (Å²) in [5, 5.41) is 1.30. The van der Waals surface area contributed by atoms with E-state index >= 15 is 0 Å². The highest BCUT2D eigenvalue weighted by molar-refractivity contribution is 7.04. The predicted molar refractivity (Wildman–Crippen MR) is 384 cm³/mol. The highest BCUT2D eigenvalue weighted by Gasteiger charge is 2.58. The van der Waals surface area contributed by atoms with Crippen LogP contribution in [0.15, 0.2) is 82.9 Å². The third-order valence-electron chi connectivity index (χ3n) is 28.0. The molecule has 0 saturated heterocycles. The van der Waals surface area contributed by atoms with Crippen molar-refractivity contribution < 1.29 is 4.42 Å². The number of fused-ring (bicyclic) bond motifs is 4. The van der Waals surface area contributed by atoms with Gasteiger partial charge >= 0.3 is 0 Å². The summed E-state index contributed by atoms with van der Waals surface area (Å²) < 4.78 is 8.07. The summed E-state index contributed by atoms with van der Waals surface area (Å²) in [6.07, 6.45) is 15.0. The first-order chi connectivity index (χ1) is 41.9. The Bertz CT molecular complexity index is 4400. The van der Waals surface area contributed by atoms with Crippen LogP contribution in [0.3, 0.4) is 0 Å². The molecule has 0 amide bonds. The van der Waals surface area contributed by atoms with Gasteiger partial charge in [-0.1, -0.05) is 179 Å². The van der Waals surface area contributed by atoms with Crippen molar-refractivity contribution in [2.75, 3.05) is 9.80 Å². The van der Waals surface area contributed by atoms with E-state index < -0.39 is 0 Å². The van der Waals surface area contributed by atoms with E-state index in [1.54, 1.807) is 16.7 Å². The number of hydrogen-bond donors (Lipinski definition) is 0. The Kier molecular flexibility index (Phi) is 11.9. The summed E-state index contributed by atoms with van der Waals surface area (Å²) in [6.45, 7) is 55.7. The van der Waals surface area contributed by atoms with Crippen molar-refractivity contribution in [3.05, 3.63) is 173 Å². The van der Waals surface area contributed by atoms with Crippen LogP contribution in [-0.4, -0.2) is 6.71 Å². The molecule has 6 aliphatic carbocycles. The maximum atomic E-state index is 8.07. The molecule has 1 saturated carbocycles. The van der Waals surface area contributed by atoms with E-state index in [1.807, 2.05) is 0 Å². The Labute approximate surface area is 542 Å². The molecular weight excluding hydrogens is 1090 g/mol. The maximum Gasteiger partial charge on any atom is 0.257 e. The summed E-state index contributed by atoms with van der Waals surface area (Å²) >= 11 is 0. The van der Waals surface area contributed by atoms with E-state index in [2.05, 4.69) is 235 Å². The van der Waals surface area contributed by atoms with Crippen molar-refractivity contribution in [2.24, 2.45) is 11.3 Å². The van der Waals surface area contributed by atoms with Crippen molar-refractivity contribution in [2.45, 2.75) is 285 Å². The summed E-state index contributed by atoms with van der Waals surface area (Å²) in [4.78, 5) is 5.62. The number of rotatable bonds is 5. The zero-order valence-corrected chi connectivity index (χ0v) is 59.6. The Morgan fingerprint density at radius 1 is 0.467 bits per heavy atom. The molecule has 6 aromatic carbocycles.